The fourth-order valence-electron chi connectivity index (χ4n) is 0.810. The van der Waals surface area contributed by atoms with Gasteiger partial charge in [-0.15, -0.1) is 0 Å². The summed E-state index contributed by atoms with van der Waals surface area (Å²) in [6, 6.07) is 0. The maximum atomic E-state index is 11.1. The lowest BCUT2D eigenvalue weighted by Gasteiger charge is -2.15. The van der Waals surface area contributed by atoms with Gasteiger partial charge in [0.05, 0.1) is 0 Å². The van der Waals surface area contributed by atoms with Gasteiger partial charge in [-0.25, -0.2) is 4.79 Å². The van der Waals surface area contributed by atoms with Gasteiger partial charge in [0.15, 0.2) is 6.23 Å². The highest BCUT2D eigenvalue weighted by Gasteiger charge is 2.09. The quantitative estimate of drug-likeness (QED) is 0.223. The highest BCUT2D eigenvalue weighted by atomic mass is 16.6. The van der Waals surface area contributed by atoms with Crippen LogP contribution in [-0.4, -0.2) is 18.7 Å². The number of hydrogen-bond donors (Lipinski definition) is 1. The zero-order valence-corrected chi connectivity index (χ0v) is 9.01. The van der Waals surface area contributed by atoms with E-state index in [9.17, 15) is 4.79 Å². The number of nitrogens with one attached hydrogen (secondary N) is 1. The summed E-state index contributed by atoms with van der Waals surface area (Å²) in [6.45, 7) is 11.6. The molecule has 0 saturated heterocycles. The molecule has 3 nitrogen and oxygen atoms in total. The molecule has 1 atom stereocenters. The van der Waals surface area contributed by atoms with Crippen LogP contribution in [0.25, 0.3) is 0 Å². The number of hydrogen-bond acceptors (Lipinski definition) is 3. The Bertz CT molecular complexity index is 211. The molecule has 0 aliphatic heterocycles. The molecule has 0 saturated carbocycles. The van der Waals surface area contributed by atoms with Crippen molar-refractivity contribution in [3.63, 3.8) is 0 Å². The molecule has 0 bridgehead atoms. The summed E-state index contributed by atoms with van der Waals surface area (Å²) in [7, 11) is 0. The van der Waals surface area contributed by atoms with E-state index in [-0.39, 0.29) is 5.97 Å². The summed E-state index contributed by atoms with van der Waals surface area (Å²) in [5.74, 6) is -0.390. The van der Waals surface area contributed by atoms with Crippen LogP contribution in [0.5, 0.6) is 0 Å². The zero-order chi connectivity index (χ0) is 11.0. The lowest BCUT2D eigenvalue weighted by Crippen LogP contribution is -2.32. The van der Waals surface area contributed by atoms with Crippen molar-refractivity contribution < 1.29 is 9.53 Å². The summed E-state index contributed by atoms with van der Waals surface area (Å²) in [4.78, 5) is 11.1. The van der Waals surface area contributed by atoms with Gasteiger partial charge in [0, 0.05) is 5.57 Å². The van der Waals surface area contributed by atoms with Crippen molar-refractivity contribution in [2.75, 3.05) is 6.54 Å². The molecule has 0 aliphatic carbocycles. The minimum atomic E-state index is -0.411. The fourth-order valence-corrected chi connectivity index (χ4v) is 0.810. The minimum Gasteiger partial charge on any atom is -0.440 e. The first-order valence-corrected chi connectivity index (χ1v) is 4.84. The van der Waals surface area contributed by atoms with Gasteiger partial charge in [0.25, 0.3) is 0 Å². The fraction of sp³-hybridized carbons (Fsp3) is 0.545. The minimum absolute atomic E-state index is 0.390. The van der Waals surface area contributed by atoms with E-state index in [1.807, 2.05) is 0 Å². The van der Waals surface area contributed by atoms with E-state index in [0.717, 1.165) is 19.4 Å². The molecule has 1 unspecified atom stereocenters. The van der Waals surface area contributed by atoms with Gasteiger partial charge in [-0.3, -0.25) is 5.32 Å². The van der Waals surface area contributed by atoms with Gasteiger partial charge >= 0.3 is 5.97 Å². The lowest BCUT2D eigenvalue weighted by atomic mass is 10.3. The third-order valence-electron chi connectivity index (χ3n) is 1.67. The Balaban J connectivity index is 3.84. The Kier molecular flexibility index (Phi) is 6.76. The second-order valence-electron chi connectivity index (χ2n) is 3.15. The van der Waals surface area contributed by atoms with Crippen LogP contribution in [0.15, 0.2) is 24.8 Å². The monoisotopic (exact) mass is 197 g/mol. The normalized spacial score (nSPS) is 11.9. The number of unbranched alkanes of at least 4 members (excludes halogenated alkanes) is 1. The average Bonchev–Trinajstić information content (AvgIpc) is 2.16. The molecule has 0 amide bonds. The summed E-state index contributed by atoms with van der Waals surface area (Å²) in [6.07, 6.45) is 3.31. The molecule has 0 aromatic heterocycles. The van der Waals surface area contributed by atoms with Gasteiger partial charge < -0.3 is 4.74 Å². The van der Waals surface area contributed by atoms with Crippen molar-refractivity contribution in [1.29, 1.82) is 0 Å². The Morgan fingerprint density at radius 3 is 2.71 bits per heavy atom. The van der Waals surface area contributed by atoms with Crippen molar-refractivity contribution in [3.8, 4) is 0 Å². The van der Waals surface area contributed by atoms with Crippen LogP contribution in [0.3, 0.4) is 0 Å². The number of esters is 1. The largest absolute Gasteiger partial charge is 0.440 e. The van der Waals surface area contributed by atoms with E-state index in [1.165, 1.54) is 0 Å². The maximum Gasteiger partial charge on any atom is 0.334 e. The molecule has 0 radical (unpaired) electrons. The second-order valence-corrected chi connectivity index (χ2v) is 3.15. The predicted molar refractivity (Wildman–Crippen MR) is 57.8 cm³/mol. The van der Waals surface area contributed by atoms with Gasteiger partial charge in [-0.05, 0) is 26.0 Å². The van der Waals surface area contributed by atoms with Gasteiger partial charge in [-0.1, -0.05) is 26.5 Å². The highest BCUT2D eigenvalue weighted by Crippen LogP contribution is 1.97. The summed E-state index contributed by atoms with van der Waals surface area (Å²) in [5.41, 5.74) is 0.397. The van der Waals surface area contributed by atoms with Crippen LogP contribution in [0, 0.1) is 0 Å². The first-order valence-electron chi connectivity index (χ1n) is 4.84. The molecule has 0 spiro atoms. The highest BCUT2D eigenvalue weighted by molar-refractivity contribution is 5.87. The number of carbonyl (C=O) groups is 1. The van der Waals surface area contributed by atoms with Gasteiger partial charge in [-0.2, -0.15) is 0 Å². The maximum absolute atomic E-state index is 11.1. The van der Waals surface area contributed by atoms with E-state index in [0.29, 0.717) is 5.57 Å². The standard InChI is InChI=1S/C11H19NO2/c1-5-7-8-12-10(6-2)14-11(13)9(3)4/h6,10,12H,2-3,5,7-8H2,1,4H3. The summed E-state index contributed by atoms with van der Waals surface area (Å²) >= 11 is 0. The molecule has 0 aromatic rings. The molecule has 0 aromatic carbocycles. The number of rotatable bonds is 7. The molecule has 0 aliphatic rings. The van der Waals surface area contributed by atoms with E-state index in [1.54, 1.807) is 13.0 Å². The molecule has 0 fully saturated rings. The van der Waals surface area contributed by atoms with E-state index >= 15 is 0 Å². The second kappa shape index (κ2) is 7.33. The van der Waals surface area contributed by atoms with Crippen molar-refractivity contribution in [2.24, 2.45) is 0 Å². The van der Waals surface area contributed by atoms with E-state index in [4.69, 9.17) is 4.74 Å². The molecule has 0 heterocycles. The topological polar surface area (TPSA) is 38.3 Å². The lowest BCUT2D eigenvalue weighted by molar-refractivity contribution is -0.143. The van der Waals surface area contributed by atoms with Crippen LogP contribution < -0.4 is 5.32 Å². The smallest absolute Gasteiger partial charge is 0.334 e. The SMILES string of the molecule is C=CC(NCCCC)OC(=O)C(=C)C. The summed E-state index contributed by atoms with van der Waals surface area (Å²) < 4.78 is 5.04. The zero-order valence-electron chi connectivity index (χ0n) is 9.01. The Labute approximate surface area is 85.8 Å². The van der Waals surface area contributed by atoms with E-state index in [2.05, 4.69) is 25.4 Å². The first kappa shape index (κ1) is 12.9. The van der Waals surface area contributed by atoms with Gasteiger partial charge in [0.2, 0.25) is 0 Å². The molecule has 80 valence electrons. The molecule has 14 heavy (non-hydrogen) atoms. The number of carbonyl (C=O) groups excluding carboxylic acids is 1. The number of ether oxygens (including phenoxy) is 1. The Hall–Kier alpha value is -1.09. The average molecular weight is 197 g/mol. The van der Waals surface area contributed by atoms with Crippen LogP contribution in [0.2, 0.25) is 0 Å². The Morgan fingerprint density at radius 1 is 1.64 bits per heavy atom. The molecule has 0 rings (SSSR count). The molecular formula is C11H19NO2. The van der Waals surface area contributed by atoms with Crippen LogP contribution in [0.4, 0.5) is 0 Å². The first-order chi connectivity index (χ1) is 6.61. The van der Waals surface area contributed by atoms with Crippen molar-refractivity contribution in [3.05, 3.63) is 24.8 Å². The molecular weight excluding hydrogens is 178 g/mol. The van der Waals surface area contributed by atoms with Crippen LogP contribution in [-0.2, 0) is 9.53 Å². The Morgan fingerprint density at radius 2 is 2.29 bits per heavy atom. The summed E-state index contributed by atoms with van der Waals surface area (Å²) in [5, 5.41) is 3.05. The third kappa shape index (κ3) is 5.54. The van der Waals surface area contributed by atoms with Gasteiger partial charge in [0.1, 0.15) is 0 Å². The predicted octanol–water partition coefficient (Wildman–Crippen LogP) is 2.01. The third-order valence-corrected chi connectivity index (χ3v) is 1.67. The van der Waals surface area contributed by atoms with Crippen molar-refractivity contribution >= 4 is 5.97 Å². The van der Waals surface area contributed by atoms with Crippen LogP contribution >= 0.6 is 0 Å². The molecule has 3 heteroatoms. The van der Waals surface area contributed by atoms with Crippen molar-refractivity contribution in [1.82, 2.24) is 5.32 Å². The van der Waals surface area contributed by atoms with Crippen LogP contribution in [0.1, 0.15) is 26.7 Å². The molecule has 1 N–H and O–H groups in total. The van der Waals surface area contributed by atoms with E-state index < -0.39 is 6.23 Å². The van der Waals surface area contributed by atoms with Crippen molar-refractivity contribution in [2.45, 2.75) is 32.9 Å².